The van der Waals surface area contributed by atoms with E-state index in [-0.39, 0.29) is 16.1 Å². The predicted molar refractivity (Wildman–Crippen MR) is 74.1 cm³/mol. The van der Waals surface area contributed by atoms with Crippen molar-refractivity contribution in [3.05, 3.63) is 63.9 Å². The molecule has 0 aliphatic carbocycles. The van der Waals surface area contributed by atoms with Crippen molar-refractivity contribution in [2.75, 3.05) is 0 Å². The van der Waals surface area contributed by atoms with E-state index in [1.165, 1.54) is 6.07 Å². The molecule has 0 saturated heterocycles. The van der Waals surface area contributed by atoms with Crippen molar-refractivity contribution < 1.29 is 14.3 Å². The molecule has 4 nitrogen and oxygen atoms in total. The van der Waals surface area contributed by atoms with Gasteiger partial charge in [-0.15, -0.1) is 0 Å². The summed E-state index contributed by atoms with van der Waals surface area (Å²) >= 11 is 5.93. The normalized spacial score (nSPS) is 12.2. The Morgan fingerprint density at radius 2 is 1.90 bits per heavy atom. The van der Waals surface area contributed by atoms with Crippen LogP contribution in [0.3, 0.4) is 0 Å². The van der Waals surface area contributed by atoms with Gasteiger partial charge in [-0.25, -0.2) is 4.39 Å². The van der Waals surface area contributed by atoms with Gasteiger partial charge >= 0.3 is 0 Å². The highest BCUT2D eigenvalue weighted by Gasteiger charge is 2.20. The quantitative estimate of drug-likeness (QED) is 0.811. The van der Waals surface area contributed by atoms with Crippen LogP contribution < -0.4 is 11.5 Å². The number of rotatable bonds is 3. The summed E-state index contributed by atoms with van der Waals surface area (Å²) in [5.74, 6) is -1.73. The molecule has 1 amide bonds. The molecule has 0 spiro atoms. The molecule has 0 aliphatic heterocycles. The highest BCUT2D eigenvalue weighted by Crippen LogP contribution is 2.34. The Morgan fingerprint density at radius 1 is 1.25 bits per heavy atom. The first-order valence-electron chi connectivity index (χ1n) is 5.74. The van der Waals surface area contributed by atoms with Gasteiger partial charge in [-0.3, -0.25) is 4.79 Å². The summed E-state index contributed by atoms with van der Waals surface area (Å²) < 4.78 is 13.4. The van der Waals surface area contributed by atoms with Crippen molar-refractivity contribution in [3.8, 4) is 5.75 Å². The van der Waals surface area contributed by atoms with E-state index in [0.29, 0.717) is 5.56 Å². The summed E-state index contributed by atoms with van der Waals surface area (Å²) in [4.78, 5) is 11.4. The zero-order valence-corrected chi connectivity index (χ0v) is 11.1. The number of aromatic hydroxyl groups is 1. The lowest BCUT2D eigenvalue weighted by atomic mass is 9.94. The van der Waals surface area contributed by atoms with Crippen LogP contribution in [-0.2, 0) is 0 Å². The molecular formula is C14H12ClFN2O2. The highest BCUT2D eigenvalue weighted by molar-refractivity contribution is 6.32. The Labute approximate surface area is 119 Å². The number of hydrogen-bond acceptors (Lipinski definition) is 3. The summed E-state index contributed by atoms with van der Waals surface area (Å²) in [6.07, 6.45) is 0. The minimum Gasteiger partial charge on any atom is -0.506 e. The second-order valence-corrected chi connectivity index (χ2v) is 4.64. The van der Waals surface area contributed by atoms with Crippen LogP contribution in [0.4, 0.5) is 4.39 Å². The molecule has 0 aliphatic rings. The molecule has 0 heterocycles. The molecule has 2 aromatic carbocycles. The van der Waals surface area contributed by atoms with E-state index < -0.39 is 23.5 Å². The number of hydrogen-bond donors (Lipinski definition) is 3. The second-order valence-electron chi connectivity index (χ2n) is 4.26. The lowest BCUT2D eigenvalue weighted by molar-refractivity contribution is 0.0999. The predicted octanol–water partition coefficient (Wildman–Crippen LogP) is 2.33. The average Bonchev–Trinajstić information content (AvgIpc) is 2.42. The number of nitrogens with two attached hydrogens (primary N) is 2. The summed E-state index contributed by atoms with van der Waals surface area (Å²) in [6.45, 7) is 0. The molecule has 2 aromatic rings. The van der Waals surface area contributed by atoms with Crippen molar-refractivity contribution in [3.63, 3.8) is 0 Å². The van der Waals surface area contributed by atoms with E-state index >= 15 is 0 Å². The maximum atomic E-state index is 13.4. The number of halogens is 2. The van der Waals surface area contributed by atoms with Gasteiger partial charge in [-0.2, -0.15) is 0 Å². The van der Waals surface area contributed by atoms with Crippen molar-refractivity contribution >= 4 is 17.5 Å². The van der Waals surface area contributed by atoms with Crippen LogP contribution in [0.2, 0.25) is 5.02 Å². The number of phenols is 1. The first-order valence-corrected chi connectivity index (χ1v) is 6.12. The van der Waals surface area contributed by atoms with E-state index in [1.54, 1.807) is 18.2 Å². The lowest BCUT2D eigenvalue weighted by Crippen LogP contribution is -2.20. The molecule has 0 radical (unpaired) electrons. The molecule has 20 heavy (non-hydrogen) atoms. The van der Waals surface area contributed by atoms with E-state index in [4.69, 9.17) is 23.1 Å². The molecule has 6 heteroatoms. The van der Waals surface area contributed by atoms with Crippen molar-refractivity contribution in [2.24, 2.45) is 11.5 Å². The fourth-order valence-electron chi connectivity index (χ4n) is 1.98. The van der Waals surface area contributed by atoms with Gasteiger partial charge in [0, 0.05) is 11.6 Å². The maximum absolute atomic E-state index is 13.4. The number of phenolic OH excluding ortho intramolecular Hbond substituents is 1. The standard InChI is InChI=1S/C14H12ClFN2O2/c15-12-10(5-7(16)6-11(12)19)13(17)8-3-1-2-4-9(8)14(18)20/h1-6,13,19H,17H2,(H2,18,20). The Kier molecular flexibility index (Phi) is 3.92. The fraction of sp³-hybridized carbons (Fsp3) is 0.0714. The van der Waals surface area contributed by atoms with Crippen molar-refractivity contribution in [1.82, 2.24) is 0 Å². The first kappa shape index (κ1) is 14.3. The van der Waals surface area contributed by atoms with Crippen LogP contribution in [0.5, 0.6) is 5.75 Å². The van der Waals surface area contributed by atoms with Crippen LogP contribution in [0.1, 0.15) is 27.5 Å². The van der Waals surface area contributed by atoms with Gasteiger partial charge in [-0.05, 0) is 23.3 Å². The molecule has 2 rings (SSSR count). The summed E-state index contributed by atoms with van der Waals surface area (Å²) in [5, 5.41) is 9.48. The van der Waals surface area contributed by atoms with E-state index in [2.05, 4.69) is 0 Å². The number of primary amides is 1. The van der Waals surface area contributed by atoms with E-state index in [1.807, 2.05) is 0 Å². The van der Waals surface area contributed by atoms with Crippen molar-refractivity contribution in [2.45, 2.75) is 6.04 Å². The van der Waals surface area contributed by atoms with Gasteiger partial charge in [-0.1, -0.05) is 29.8 Å². The third kappa shape index (κ3) is 2.59. The minimum absolute atomic E-state index is 0.0572. The monoisotopic (exact) mass is 294 g/mol. The number of benzene rings is 2. The minimum atomic E-state index is -0.882. The van der Waals surface area contributed by atoms with Gasteiger partial charge in [0.2, 0.25) is 5.91 Å². The van der Waals surface area contributed by atoms with Gasteiger partial charge in [0.1, 0.15) is 11.6 Å². The SMILES string of the molecule is NC(=O)c1ccccc1C(N)c1cc(F)cc(O)c1Cl. The fourth-order valence-corrected chi connectivity index (χ4v) is 2.21. The highest BCUT2D eigenvalue weighted by atomic mass is 35.5. The van der Waals surface area contributed by atoms with E-state index in [0.717, 1.165) is 12.1 Å². The third-order valence-electron chi connectivity index (χ3n) is 2.94. The molecule has 0 aromatic heterocycles. The molecule has 104 valence electrons. The summed E-state index contributed by atoms with van der Waals surface area (Å²) in [7, 11) is 0. The first-order chi connectivity index (χ1) is 9.41. The Hall–Kier alpha value is -2.11. The largest absolute Gasteiger partial charge is 0.506 e. The molecule has 0 bridgehead atoms. The van der Waals surface area contributed by atoms with Gasteiger partial charge < -0.3 is 16.6 Å². The maximum Gasteiger partial charge on any atom is 0.249 e. The molecule has 5 N–H and O–H groups in total. The third-order valence-corrected chi connectivity index (χ3v) is 3.35. The lowest BCUT2D eigenvalue weighted by Gasteiger charge is -2.17. The van der Waals surface area contributed by atoms with E-state index in [9.17, 15) is 14.3 Å². The molecule has 1 atom stereocenters. The van der Waals surface area contributed by atoms with Gasteiger partial charge in [0.05, 0.1) is 11.1 Å². The number of amides is 1. The molecular weight excluding hydrogens is 283 g/mol. The Bertz CT molecular complexity index is 676. The number of carbonyl (C=O) groups excluding carboxylic acids is 1. The van der Waals surface area contributed by atoms with Crippen molar-refractivity contribution in [1.29, 1.82) is 0 Å². The average molecular weight is 295 g/mol. The Morgan fingerprint density at radius 3 is 2.55 bits per heavy atom. The zero-order chi connectivity index (χ0) is 14.9. The van der Waals surface area contributed by atoms with Crippen LogP contribution >= 0.6 is 11.6 Å². The molecule has 1 unspecified atom stereocenters. The van der Waals surface area contributed by atoms with Crippen LogP contribution in [0, 0.1) is 5.82 Å². The van der Waals surface area contributed by atoms with Crippen LogP contribution in [-0.4, -0.2) is 11.0 Å². The van der Waals surface area contributed by atoms with Gasteiger partial charge in [0.25, 0.3) is 0 Å². The smallest absolute Gasteiger partial charge is 0.249 e. The summed E-state index contributed by atoms with van der Waals surface area (Å²) in [5.41, 5.74) is 12.1. The van der Waals surface area contributed by atoms with Crippen LogP contribution in [0.25, 0.3) is 0 Å². The number of carbonyl (C=O) groups is 1. The molecule has 0 saturated carbocycles. The molecule has 0 fully saturated rings. The summed E-state index contributed by atoms with van der Waals surface area (Å²) in [6, 6.07) is 7.56. The zero-order valence-electron chi connectivity index (χ0n) is 10.3. The second kappa shape index (κ2) is 5.48. The topological polar surface area (TPSA) is 89.3 Å². The van der Waals surface area contributed by atoms with Crippen LogP contribution in [0.15, 0.2) is 36.4 Å². The van der Waals surface area contributed by atoms with Gasteiger partial charge in [0.15, 0.2) is 0 Å². The Balaban J connectivity index is 2.58.